The molecule has 1 unspecified atom stereocenters. The van der Waals surface area contributed by atoms with Gasteiger partial charge in [-0.2, -0.15) is 5.10 Å². The number of hydrogen-bond acceptors (Lipinski definition) is 3. The van der Waals surface area contributed by atoms with Crippen LogP contribution >= 0.6 is 0 Å². The Balaban J connectivity index is 1.51. The molecular formula is C23H27N3O2. The van der Waals surface area contributed by atoms with E-state index in [2.05, 4.69) is 23.4 Å². The lowest BCUT2D eigenvalue weighted by atomic mass is 10.1. The molecule has 0 saturated heterocycles. The minimum Gasteiger partial charge on any atom is -0.489 e. The summed E-state index contributed by atoms with van der Waals surface area (Å²) in [5.74, 6) is 0.872. The van der Waals surface area contributed by atoms with E-state index in [1.807, 2.05) is 61.0 Å². The Labute approximate surface area is 166 Å². The van der Waals surface area contributed by atoms with Gasteiger partial charge in [0.15, 0.2) is 0 Å². The molecule has 0 spiro atoms. The van der Waals surface area contributed by atoms with Gasteiger partial charge >= 0.3 is 0 Å². The molecule has 2 aromatic carbocycles. The van der Waals surface area contributed by atoms with Gasteiger partial charge in [-0.05, 0) is 49.6 Å². The van der Waals surface area contributed by atoms with Crippen LogP contribution in [0.4, 0.5) is 0 Å². The molecule has 0 saturated carbocycles. The Kier molecular flexibility index (Phi) is 6.48. The fourth-order valence-corrected chi connectivity index (χ4v) is 3.06. The van der Waals surface area contributed by atoms with Crippen molar-refractivity contribution in [2.75, 3.05) is 6.54 Å². The summed E-state index contributed by atoms with van der Waals surface area (Å²) in [6.07, 6.45) is 0. The third-order valence-corrected chi connectivity index (χ3v) is 4.54. The van der Waals surface area contributed by atoms with Crippen molar-refractivity contribution < 1.29 is 9.53 Å². The quantitative estimate of drug-likeness (QED) is 0.642. The minimum absolute atomic E-state index is 0.0922. The second-order valence-corrected chi connectivity index (χ2v) is 7.23. The molecule has 1 amide bonds. The van der Waals surface area contributed by atoms with E-state index >= 15 is 0 Å². The summed E-state index contributed by atoms with van der Waals surface area (Å²) in [4.78, 5) is 12.5. The lowest BCUT2D eigenvalue weighted by Gasteiger charge is -2.14. The summed E-state index contributed by atoms with van der Waals surface area (Å²) in [5.41, 5.74) is 3.85. The first-order valence-corrected chi connectivity index (χ1v) is 9.57. The molecule has 1 heterocycles. The van der Waals surface area contributed by atoms with Crippen LogP contribution in [-0.2, 0) is 13.2 Å². The summed E-state index contributed by atoms with van der Waals surface area (Å²) < 4.78 is 7.80. The van der Waals surface area contributed by atoms with Gasteiger partial charge in [-0.25, -0.2) is 0 Å². The summed E-state index contributed by atoms with van der Waals surface area (Å²) in [6.45, 7) is 7.99. The molecule has 5 nitrogen and oxygen atoms in total. The third-order valence-electron chi connectivity index (χ3n) is 4.54. The van der Waals surface area contributed by atoms with Crippen molar-refractivity contribution in [3.63, 3.8) is 0 Å². The van der Waals surface area contributed by atoms with Gasteiger partial charge in [-0.15, -0.1) is 0 Å². The van der Waals surface area contributed by atoms with E-state index in [0.717, 1.165) is 23.5 Å². The number of carbonyl (C=O) groups is 1. The van der Waals surface area contributed by atoms with Gasteiger partial charge in [0.2, 0.25) is 0 Å². The Bertz CT molecular complexity index is 919. The van der Waals surface area contributed by atoms with E-state index in [1.54, 1.807) is 12.1 Å². The Morgan fingerprint density at radius 3 is 2.61 bits per heavy atom. The first kappa shape index (κ1) is 19.7. The molecule has 0 radical (unpaired) electrons. The normalized spacial score (nSPS) is 11.8. The van der Waals surface area contributed by atoms with E-state index in [0.29, 0.717) is 24.5 Å². The molecule has 5 heteroatoms. The fourth-order valence-electron chi connectivity index (χ4n) is 3.06. The Morgan fingerprint density at radius 1 is 1.11 bits per heavy atom. The third kappa shape index (κ3) is 5.46. The first-order chi connectivity index (χ1) is 13.5. The van der Waals surface area contributed by atoms with Crippen LogP contribution in [0.1, 0.15) is 34.2 Å². The van der Waals surface area contributed by atoms with E-state index in [9.17, 15) is 4.79 Å². The number of rotatable bonds is 8. The van der Waals surface area contributed by atoms with Gasteiger partial charge in [0.1, 0.15) is 12.4 Å². The van der Waals surface area contributed by atoms with E-state index < -0.39 is 0 Å². The smallest absolute Gasteiger partial charge is 0.251 e. The van der Waals surface area contributed by atoms with Crippen LogP contribution in [0.3, 0.4) is 0 Å². The van der Waals surface area contributed by atoms with E-state index in [-0.39, 0.29) is 11.8 Å². The molecule has 146 valence electrons. The molecule has 3 rings (SSSR count). The minimum atomic E-state index is -0.0922. The zero-order valence-corrected chi connectivity index (χ0v) is 16.7. The number of amides is 1. The molecule has 0 fully saturated rings. The summed E-state index contributed by atoms with van der Waals surface area (Å²) in [6, 6.07) is 19.3. The van der Waals surface area contributed by atoms with Crippen LogP contribution in [0.25, 0.3) is 0 Å². The molecule has 0 aliphatic carbocycles. The topological polar surface area (TPSA) is 56.2 Å². The molecule has 1 aromatic heterocycles. The van der Waals surface area contributed by atoms with Crippen molar-refractivity contribution in [2.45, 2.75) is 33.9 Å². The van der Waals surface area contributed by atoms with Gasteiger partial charge in [-0.3, -0.25) is 9.48 Å². The number of aryl methyl sites for hydroxylation is 2. The number of aromatic nitrogens is 2. The van der Waals surface area contributed by atoms with Gasteiger partial charge in [-0.1, -0.05) is 43.3 Å². The van der Waals surface area contributed by atoms with Crippen LogP contribution in [0.5, 0.6) is 5.75 Å². The molecule has 3 aromatic rings. The van der Waals surface area contributed by atoms with Gasteiger partial charge in [0.05, 0.1) is 5.69 Å². The molecule has 0 aliphatic rings. The first-order valence-electron chi connectivity index (χ1n) is 9.57. The maximum absolute atomic E-state index is 12.5. The standard InChI is InChI=1S/C23H27N3O2/c1-17(15-26-19(3)12-18(2)25-26)14-24-23(27)21-10-7-11-22(13-21)28-16-20-8-5-4-6-9-20/h4-13,17H,14-16H2,1-3H3,(H,24,27). The lowest BCUT2D eigenvalue weighted by Crippen LogP contribution is -2.30. The summed E-state index contributed by atoms with van der Waals surface area (Å²) >= 11 is 0. The van der Waals surface area contributed by atoms with Crippen molar-refractivity contribution >= 4 is 5.91 Å². The summed E-state index contributed by atoms with van der Waals surface area (Å²) in [5, 5.41) is 7.49. The fraction of sp³-hybridized carbons (Fsp3) is 0.304. The molecular weight excluding hydrogens is 350 g/mol. The molecule has 0 bridgehead atoms. The number of ether oxygens (including phenoxy) is 1. The second-order valence-electron chi connectivity index (χ2n) is 7.23. The SMILES string of the molecule is Cc1cc(C)n(CC(C)CNC(=O)c2cccc(OCc3ccccc3)c2)n1. The molecule has 1 N–H and O–H groups in total. The predicted octanol–water partition coefficient (Wildman–Crippen LogP) is 4.15. The molecule has 28 heavy (non-hydrogen) atoms. The van der Waals surface area contributed by atoms with E-state index in [1.165, 1.54) is 0 Å². The number of hydrogen-bond donors (Lipinski definition) is 1. The van der Waals surface area contributed by atoms with Crippen molar-refractivity contribution in [1.82, 2.24) is 15.1 Å². The molecule has 1 atom stereocenters. The molecule has 0 aliphatic heterocycles. The Morgan fingerprint density at radius 2 is 1.89 bits per heavy atom. The maximum Gasteiger partial charge on any atom is 0.251 e. The zero-order valence-electron chi connectivity index (χ0n) is 16.7. The highest BCUT2D eigenvalue weighted by Gasteiger charge is 2.11. The summed E-state index contributed by atoms with van der Waals surface area (Å²) in [7, 11) is 0. The van der Waals surface area contributed by atoms with Crippen LogP contribution in [0.2, 0.25) is 0 Å². The number of benzene rings is 2. The van der Waals surface area contributed by atoms with Gasteiger partial charge < -0.3 is 10.1 Å². The van der Waals surface area contributed by atoms with E-state index in [4.69, 9.17) is 4.74 Å². The highest BCUT2D eigenvalue weighted by Crippen LogP contribution is 2.15. The van der Waals surface area contributed by atoms with Crippen LogP contribution in [0, 0.1) is 19.8 Å². The van der Waals surface area contributed by atoms with Crippen molar-refractivity contribution in [1.29, 1.82) is 0 Å². The maximum atomic E-state index is 12.5. The van der Waals surface area contributed by atoms with Crippen molar-refractivity contribution in [3.8, 4) is 5.75 Å². The average molecular weight is 377 g/mol. The highest BCUT2D eigenvalue weighted by atomic mass is 16.5. The highest BCUT2D eigenvalue weighted by molar-refractivity contribution is 5.94. The van der Waals surface area contributed by atoms with Gasteiger partial charge in [0.25, 0.3) is 5.91 Å². The largest absolute Gasteiger partial charge is 0.489 e. The van der Waals surface area contributed by atoms with Crippen LogP contribution in [-0.4, -0.2) is 22.2 Å². The number of carbonyl (C=O) groups excluding carboxylic acids is 1. The lowest BCUT2D eigenvalue weighted by molar-refractivity contribution is 0.0946. The van der Waals surface area contributed by atoms with Crippen molar-refractivity contribution in [3.05, 3.63) is 83.2 Å². The zero-order chi connectivity index (χ0) is 19.9. The number of nitrogens with zero attached hydrogens (tertiary/aromatic N) is 2. The number of nitrogens with one attached hydrogen (secondary N) is 1. The van der Waals surface area contributed by atoms with Crippen LogP contribution in [0.15, 0.2) is 60.7 Å². The monoisotopic (exact) mass is 377 g/mol. The average Bonchev–Trinajstić information content (AvgIpc) is 3.02. The second kappa shape index (κ2) is 9.22. The van der Waals surface area contributed by atoms with Crippen molar-refractivity contribution in [2.24, 2.45) is 5.92 Å². The Hall–Kier alpha value is -3.08. The predicted molar refractivity (Wildman–Crippen MR) is 110 cm³/mol. The van der Waals surface area contributed by atoms with Gasteiger partial charge in [0, 0.05) is 24.3 Å². The van der Waals surface area contributed by atoms with Crippen LogP contribution < -0.4 is 10.1 Å².